The lowest BCUT2D eigenvalue weighted by Gasteiger charge is -2.32. The molecule has 210 valence electrons. The van der Waals surface area contributed by atoms with Crippen molar-refractivity contribution in [2.45, 2.75) is 38.3 Å². The molecule has 0 saturated carbocycles. The minimum atomic E-state index is -0.291. The van der Waals surface area contributed by atoms with Gasteiger partial charge >= 0.3 is 5.97 Å². The first-order chi connectivity index (χ1) is 19.2. The fraction of sp³-hybridized carbons (Fsp3) is 0.345. The zero-order valence-corrected chi connectivity index (χ0v) is 24.6. The average Bonchev–Trinajstić information content (AvgIpc) is 3.69. The molecule has 40 heavy (non-hydrogen) atoms. The Morgan fingerprint density at radius 2 is 1.95 bits per heavy atom. The Labute approximate surface area is 247 Å². The molecule has 1 saturated heterocycles. The Morgan fingerprint density at radius 1 is 1.15 bits per heavy atom. The van der Waals surface area contributed by atoms with Crippen molar-refractivity contribution in [3.63, 3.8) is 0 Å². The Morgan fingerprint density at radius 3 is 2.75 bits per heavy atom. The van der Waals surface area contributed by atoms with Crippen molar-refractivity contribution in [1.29, 1.82) is 0 Å². The van der Waals surface area contributed by atoms with Crippen LogP contribution in [0.4, 0.5) is 5.69 Å². The van der Waals surface area contributed by atoms with Crippen LogP contribution in [0.5, 0.6) is 0 Å². The minimum Gasteiger partial charge on any atom is -0.469 e. The van der Waals surface area contributed by atoms with Gasteiger partial charge in [-0.05, 0) is 43.0 Å². The molecular formula is C29H30Cl2N4O4S. The first kappa shape index (κ1) is 28.4. The fourth-order valence-corrected chi connectivity index (χ4v) is 6.72. The zero-order chi connectivity index (χ0) is 28.4. The van der Waals surface area contributed by atoms with Crippen LogP contribution in [0.1, 0.15) is 41.6 Å². The number of esters is 1. The van der Waals surface area contributed by atoms with Gasteiger partial charge in [0, 0.05) is 46.8 Å². The summed E-state index contributed by atoms with van der Waals surface area (Å²) in [5.74, 6) is 0.186. The summed E-state index contributed by atoms with van der Waals surface area (Å²) in [5, 5.41) is 4.39. The highest BCUT2D eigenvalue weighted by Crippen LogP contribution is 2.35. The van der Waals surface area contributed by atoms with E-state index in [1.807, 2.05) is 40.8 Å². The molecule has 11 heteroatoms. The molecule has 0 spiro atoms. The summed E-state index contributed by atoms with van der Waals surface area (Å²) in [5.41, 5.74) is 2.48. The van der Waals surface area contributed by atoms with E-state index >= 15 is 0 Å². The molecule has 8 nitrogen and oxygen atoms in total. The molecule has 1 atom stereocenters. The van der Waals surface area contributed by atoms with Crippen LogP contribution in [-0.4, -0.2) is 57.8 Å². The number of nitrogens with zero attached hydrogens (tertiary/aromatic N) is 3. The third-order valence-electron chi connectivity index (χ3n) is 7.30. The molecule has 5 rings (SSSR count). The maximum Gasteiger partial charge on any atom is 0.305 e. The van der Waals surface area contributed by atoms with Crippen LogP contribution in [-0.2, 0) is 27.8 Å². The van der Waals surface area contributed by atoms with E-state index in [9.17, 15) is 14.4 Å². The fourth-order valence-electron chi connectivity index (χ4n) is 5.23. The second-order valence-electron chi connectivity index (χ2n) is 9.89. The van der Waals surface area contributed by atoms with E-state index in [1.165, 1.54) is 7.11 Å². The number of fused-ring (bicyclic) bond motifs is 1. The summed E-state index contributed by atoms with van der Waals surface area (Å²) in [7, 11) is 3.28. The van der Waals surface area contributed by atoms with E-state index in [0.717, 1.165) is 34.5 Å². The minimum absolute atomic E-state index is 0.0329. The summed E-state index contributed by atoms with van der Waals surface area (Å²) >= 11 is 14.8. The Hall–Kier alpha value is -3.14. The Kier molecular flexibility index (Phi) is 8.63. The molecule has 0 aliphatic carbocycles. The molecule has 1 aromatic heterocycles. The number of nitrogens with one attached hydrogen (secondary N) is 1. The van der Waals surface area contributed by atoms with Crippen LogP contribution in [0.3, 0.4) is 0 Å². The van der Waals surface area contributed by atoms with Crippen molar-refractivity contribution < 1.29 is 19.1 Å². The van der Waals surface area contributed by atoms with Gasteiger partial charge in [-0.25, -0.2) is 0 Å². The number of thioether (sulfide) groups is 1. The van der Waals surface area contributed by atoms with Gasteiger partial charge in [0.15, 0.2) is 0 Å². The number of halogens is 2. The van der Waals surface area contributed by atoms with Gasteiger partial charge < -0.3 is 24.4 Å². The van der Waals surface area contributed by atoms with Crippen molar-refractivity contribution in [1.82, 2.24) is 14.4 Å². The first-order valence-corrected chi connectivity index (χ1v) is 14.8. The topological polar surface area (TPSA) is 83.9 Å². The van der Waals surface area contributed by atoms with E-state index in [-0.39, 0.29) is 30.4 Å². The van der Waals surface area contributed by atoms with Gasteiger partial charge in [0.2, 0.25) is 5.91 Å². The molecule has 0 bridgehead atoms. The molecule has 2 aliphatic heterocycles. The van der Waals surface area contributed by atoms with Crippen molar-refractivity contribution in [2.75, 3.05) is 24.8 Å². The number of hydrogen-bond donors (Lipinski definition) is 1. The van der Waals surface area contributed by atoms with E-state index in [0.29, 0.717) is 46.2 Å². The van der Waals surface area contributed by atoms with Crippen LogP contribution >= 0.6 is 35.0 Å². The standard InChI is InChI=1S/C29H30Cl2N4O4S/c1-33-16-21(20-6-3-4-7-25(20)33)29(38)32-24-14-22(30)18(12-23(24)31)13-27(36)35-11-5-8-26(35)34-15-19(40-17-34)9-10-28(37)39-2/h3-4,6-7,12,14-16,26H,5,8-11,13,17H2,1-2H3,(H,32,38)/t26-/m1/s1. The van der Waals surface area contributed by atoms with Gasteiger partial charge in [-0.2, -0.15) is 0 Å². The number of aromatic nitrogens is 1. The molecule has 2 amide bonds. The Balaban J connectivity index is 1.25. The number of benzene rings is 2. The van der Waals surface area contributed by atoms with Gasteiger partial charge in [0.05, 0.1) is 42.1 Å². The summed E-state index contributed by atoms with van der Waals surface area (Å²) in [6.07, 6.45) is 6.67. The van der Waals surface area contributed by atoms with Gasteiger partial charge in [0.25, 0.3) is 5.91 Å². The number of aryl methyl sites for hydroxylation is 1. The summed E-state index contributed by atoms with van der Waals surface area (Å²) in [4.78, 5) is 43.2. The second kappa shape index (κ2) is 12.2. The quantitative estimate of drug-likeness (QED) is 0.318. The van der Waals surface area contributed by atoms with Crippen molar-refractivity contribution in [3.8, 4) is 0 Å². The number of methoxy groups -OCH3 is 1. The highest BCUT2D eigenvalue weighted by molar-refractivity contribution is 8.03. The predicted octanol–water partition coefficient (Wildman–Crippen LogP) is 6.03. The molecule has 3 aromatic rings. The molecule has 1 fully saturated rings. The third kappa shape index (κ3) is 5.96. The normalized spacial score (nSPS) is 16.9. The van der Waals surface area contributed by atoms with Crippen LogP contribution in [0, 0.1) is 0 Å². The van der Waals surface area contributed by atoms with Gasteiger partial charge in [-0.15, -0.1) is 11.8 Å². The number of para-hydroxylation sites is 1. The van der Waals surface area contributed by atoms with E-state index in [2.05, 4.69) is 16.4 Å². The number of amides is 2. The molecule has 2 aliphatic rings. The highest BCUT2D eigenvalue weighted by Gasteiger charge is 2.34. The lowest BCUT2D eigenvalue weighted by Crippen LogP contribution is -2.44. The van der Waals surface area contributed by atoms with Gasteiger partial charge in [0.1, 0.15) is 6.17 Å². The molecular weight excluding hydrogens is 571 g/mol. The van der Waals surface area contributed by atoms with Crippen LogP contribution in [0.2, 0.25) is 10.0 Å². The summed E-state index contributed by atoms with van der Waals surface area (Å²) in [6, 6.07) is 10.9. The maximum atomic E-state index is 13.4. The largest absolute Gasteiger partial charge is 0.469 e. The number of ether oxygens (including phenoxy) is 1. The first-order valence-electron chi connectivity index (χ1n) is 13.0. The molecule has 0 unspecified atom stereocenters. The highest BCUT2D eigenvalue weighted by atomic mass is 35.5. The van der Waals surface area contributed by atoms with E-state index in [4.69, 9.17) is 27.9 Å². The van der Waals surface area contributed by atoms with E-state index < -0.39 is 0 Å². The van der Waals surface area contributed by atoms with Crippen molar-refractivity contribution in [3.05, 3.63) is 74.9 Å². The average molecular weight is 602 g/mol. The molecule has 3 heterocycles. The molecule has 2 aromatic carbocycles. The van der Waals surface area contributed by atoms with Crippen LogP contribution in [0.15, 0.2) is 53.7 Å². The van der Waals surface area contributed by atoms with Gasteiger partial charge in [-0.3, -0.25) is 14.4 Å². The lowest BCUT2D eigenvalue weighted by molar-refractivity contribution is -0.140. The van der Waals surface area contributed by atoms with Crippen molar-refractivity contribution in [2.24, 2.45) is 7.05 Å². The zero-order valence-electron chi connectivity index (χ0n) is 22.3. The number of hydrogen-bond acceptors (Lipinski definition) is 6. The Bertz CT molecular complexity index is 1500. The third-order valence-corrected chi connectivity index (χ3v) is 9.08. The van der Waals surface area contributed by atoms with Crippen molar-refractivity contribution >= 4 is 69.3 Å². The SMILES string of the molecule is COC(=O)CCC1=CN([C@H]2CCCN2C(=O)Cc2cc(Cl)c(NC(=O)c3cn(C)c4ccccc34)cc2Cl)CS1. The van der Waals surface area contributed by atoms with Crippen LogP contribution in [0.25, 0.3) is 10.9 Å². The smallest absolute Gasteiger partial charge is 0.305 e. The number of carbonyl (C=O) groups is 3. The number of carbonyl (C=O) groups excluding carboxylic acids is 3. The molecule has 1 N–H and O–H groups in total. The molecule has 0 radical (unpaired) electrons. The predicted molar refractivity (Wildman–Crippen MR) is 159 cm³/mol. The van der Waals surface area contributed by atoms with Crippen LogP contribution < -0.4 is 5.32 Å². The second-order valence-corrected chi connectivity index (χ2v) is 11.8. The summed E-state index contributed by atoms with van der Waals surface area (Å²) in [6.45, 7) is 0.667. The number of rotatable bonds is 8. The number of anilines is 1. The van der Waals surface area contributed by atoms with Gasteiger partial charge in [-0.1, -0.05) is 41.4 Å². The number of allylic oxidation sites excluding steroid dienone is 1. The monoisotopic (exact) mass is 600 g/mol. The maximum absolute atomic E-state index is 13.4. The van der Waals surface area contributed by atoms with E-state index in [1.54, 1.807) is 30.1 Å². The lowest BCUT2D eigenvalue weighted by atomic mass is 10.1. The number of likely N-dealkylation sites (tertiary alicyclic amines) is 1. The summed E-state index contributed by atoms with van der Waals surface area (Å²) < 4.78 is 6.64.